The first kappa shape index (κ1) is 14.5. The lowest BCUT2D eigenvalue weighted by atomic mass is 9.95. The molecule has 20 heavy (non-hydrogen) atoms. The van der Waals surface area contributed by atoms with Gasteiger partial charge in [-0.05, 0) is 30.2 Å². The van der Waals surface area contributed by atoms with Crippen LogP contribution in [0.2, 0.25) is 0 Å². The zero-order valence-corrected chi connectivity index (χ0v) is 11.8. The molecule has 0 bridgehead atoms. The summed E-state index contributed by atoms with van der Waals surface area (Å²) in [6.07, 6.45) is 1.04. The van der Waals surface area contributed by atoms with Crippen LogP contribution < -0.4 is 11.1 Å². The van der Waals surface area contributed by atoms with Gasteiger partial charge < -0.3 is 16.2 Å². The van der Waals surface area contributed by atoms with Crippen LogP contribution in [0.1, 0.15) is 30.1 Å². The molecule has 3 unspecified atom stereocenters. The molecule has 4 N–H and O–H groups in total. The predicted molar refractivity (Wildman–Crippen MR) is 74.5 cm³/mol. The van der Waals surface area contributed by atoms with E-state index in [1.54, 1.807) is 5.38 Å². The highest BCUT2D eigenvalue weighted by Gasteiger charge is 2.41. The molecule has 1 aromatic heterocycles. The molecule has 0 aliphatic heterocycles. The summed E-state index contributed by atoms with van der Waals surface area (Å²) in [5.41, 5.74) is 5.46. The molecule has 1 aromatic rings. The van der Waals surface area contributed by atoms with Crippen LogP contribution in [0.4, 0.5) is 5.00 Å². The Kier molecular flexibility index (Phi) is 4.08. The Balaban J connectivity index is 2.13. The molecule has 0 saturated heterocycles. The van der Waals surface area contributed by atoms with E-state index in [2.05, 4.69) is 5.32 Å². The van der Waals surface area contributed by atoms with Gasteiger partial charge in [0.25, 0.3) is 5.91 Å². The third-order valence-corrected chi connectivity index (χ3v) is 4.45. The van der Waals surface area contributed by atoms with Gasteiger partial charge >= 0.3 is 5.97 Å². The van der Waals surface area contributed by atoms with E-state index in [0.717, 1.165) is 0 Å². The summed E-state index contributed by atoms with van der Waals surface area (Å²) in [5, 5.41) is 13.8. The van der Waals surface area contributed by atoms with Crippen molar-refractivity contribution in [3.8, 4) is 0 Å². The fraction of sp³-hybridized carbons (Fsp3) is 0.462. The second-order valence-electron chi connectivity index (χ2n) is 5.14. The smallest absolute Gasteiger partial charge is 0.307 e. The number of rotatable bonds is 4. The average molecular weight is 296 g/mol. The molecule has 0 spiro atoms. The summed E-state index contributed by atoms with van der Waals surface area (Å²) in [4.78, 5) is 34.6. The van der Waals surface area contributed by atoms with Gasteiger partial charge in [-0.2, -0.15) is 0 Å². The van der Waals surface area contributed by atoms with Gasteiger partial charge in [0.2, 0.25) is 5.91 Å². The van der Waals surface area contributed by atoms with Crippen LogP contribution in [0.15, 0.2) is 11.4 Å². The van der Waals surface area contributed by atoms with Crippen molar-refractivity contribution >= 4 is 34.1 Å². The number of hydrogen-bond acceptors (Lipinski definition) is 4. The van der Waals surface area contributed by atoms with E-state index in [-0.39, 0.29) is 17.4 Å². The largest absolute Gasteiger partial charge is 0.481 e. The summed E-state index contributed by atoms with van der Waals surface area (Å²) < 4.78 is 0. The fourth-order valence-corrected chi connectivity index (χ4v) is 3.45. The number of amides is 2. The first-order valence-corrected chi connectivity index (χ1v) is 7.19. The maximum absolute atomic E-state index is 12.2. The van der Waals surface area contributed by atoms with Gasteiger partial charge in [-0.3, -0.25) is 14.4 Å². The molecule has 108 valence electrons. The number of anilines is 1. The topological polar surface area (TPSA) is 109 Å². The van der Waals surface area contributed by atoms with Crippen molar-refractivity contribution in [3.63, 3.8) is 0 Å². The van der Waals surface area contributed by atoms with Crippen molar-refractivity contribution in [2.75, 3.05) is 5.32 Å². The fourth-order valence-electron chi connectivity index (χ4n) is 2.66. The van der Waals surface area contributed by atoms with Crippen LogP contribution >= 0.6 is 11.3 Å². The SMILES string of the molecule is CC1CC(C(=O)O)C(C(=O)Nc2sccc2C(N)=O)C1. The van der Waals surface area contributed by atoms with Crippen LogP contribution in [0.5, 0.6) is 0 Å². The number of nitrogens with one attached hydrogen (secondary N) is 1. The van der Waals surface area contributed by atoms with Crippen LogP contribution in [0, 0.1) is 17.8 Å². The normalized spacial score (nSPS) is 25.4. The van der Waals surface area contributed by atoms with E-state index in [1.165, 1.54) is 17.4 Å². The zero-order chi connectivity index (χ0) is 14.9. The third-order valence-electron chi connectivity index (χ3n) is 3.62. The van der Waals surface area contributed by atoms with Gasteiger partial charge in [-0.25, -0.2) is 0 Å². The molecule has 7 heteroatoms. The molecule has 1 fully saturated rings. The van der Waals surface area contributed by atoms with E-state index in [0.29, 0.717) is 17.8 Å². The van der Waals surface area contributed by atoms with Gasteiger partial charge in [0.15, 0.2) is 0 Å². The van der Waals surface area contributed by atoms with Crippen molar-refractivity contribution in [3.05, 3.63) is 17.0 Å². The molecule has 1 aliphatic carbocycles. The molecule has 1 aliphatic rings. The lowest BCUT2D eigenvalue weighted by Gasteiger charge is -2.15. The number of primary amides is 1. The number of nitrogens with two attached hydrogens (primary N) is 1. The van der Waals surface area contributed by atoms with Gasteiger partial charge in [-0.1, -0.05) is 6.92 Å². The van der Waals surface area contributed by atoms with Gasteiger partial charge in [-0.15, -0.1) is 11.3 Å². The Bertz CT molecular complexity index is 554. The molecule has 6 nitrogen and oxygen atoms in total. The van der Waals surface area contributed by atoms with Crippen molar-refractivity contribution in [2.24, 2.45) is 23.5 Å². The Labute approximate surface area is 120 Å². The number of aliphatic carboxylic acids is 1. The van der Waals surface area contributed by atoms with Gasteiger partial charge in [0, 0.05) is 0 Å². The molecular weight excluding hydrogens is 280 g/mol. The van der Waals surface area contributed by atoms with Crippen LogP contribution in [0.3, 0.4) is 0 Å². The second kappa shape index (κ2) is 5.62. The average Bonchev–Trinajstić information content (AvgIpc) is 2.95. The highest BCUT2D eigenvalue weighted by atomic mass is 32.1. The van der Waals surface area contributed by atoms with Crippen molar-refractivity contribution in [1.82, 2.24) is 0 Å². The molecule has 3 atom stereocenters. The molecule has 0 aromatic carbocycles. The highest BCUT2D eigenvalue weighted by molar-refractivity contribution is 7.14. The molecule has 1 heterocycles. The van der Waals surface area contributed by atoms with Gasteiger partial charge in [0.05, 0.1) is 17.4 Å². The molecule has 1 saturated carbocycles. The molecule has 2 rings (SSSR count). The number of carboxylic acids is 1. The second-order valence-corrected chi connectivity index (χ2v) is 6.06. The van der Waals surface area contributed by atoms with E-state index in [1.807, 2.05) is 6.92 Å². The number of carbonyl (C=O) groups excluding carboxylic acids is 2. The summed E-state index contributed by atoms with van der Waals surface area (Å²) in [6, 6.07) is 1.54. The van der Waals surface area contributed by atoms with Crippen molar-refractivity contribution in [1.29, 1.82) is 0 Å². The van der Waals surface area contributed by atoms with Crippen LogP contribution in [-0.4, -0.2) is 22.9 Å². The van der Waals surface area contributed by atoms with Gasteiger partial charge in [0.1, 0.15) is 5.00 Å². The maximum Gasteiger partial charge on any atom is 0.307 e. The maximum atomic E-state index is 12.2. The Hall–Kier alpha value is -1.89. The summed E-state index contributed by atoms with van der Waals surface area (Å²) in [7, 11) is 0. The van der Waals surface area contributed by atoms with Crippen molar-refractivity contribution in [2.45, 2.75) is 19.8 Å². The van der Waals surface area contributed by atoms with E-state index in [4.69, 9.17) is 10.8 Å². The summed E-state index contributed by atoms with van der Waals surface area (Å²) in [5.74, 6) is -2.95. The number of carbonyl (C=O) groups is 3. The first-order chi connectivity index (χ1) is 9.40. The minimum Gasteiger partial charge on any atom is -0.481 e. The first-order valence-electron chi connectivity index (χ1n) is 6.31. The number of carboxylic acid groups (broad SMARTS) is 1. The summed E-state index contributed by atoms with van der Waals surface area (Å²) >= 11 is 1.20. The lowest BCUT2D eigenvalue weighted by molar-refractivity contribution is -0.145. The number of hydrogen-bond donors (Lipinski definition) is 3. The number of thiophene rings is 1. The van der Waals surface area contributed by atoms with Crippen LogP contribution in [-0.2, 0) is 9.59 Å². The Morgan fingerprint density at radius 1 is 1.35 bits per heavy atom. The minimum atomic E-state index is -0.948. The molecule has 0 radical (unpaired) electrons. The predicted octanol–water partition coefficient (Wildman–Crippen LogP) is 1.53. The highest BCUT2D eigenvalue weighted by Crippen LogP contribution is 2.37. The van der Waals surface area contributed by atoms with E-state index >= 15 is 0 Å². The monoisotopic (exact) mass is 296 g/mol. The quantitative estimate of drug-likeness (QED) is 0.782. The minimum absolute atomic E-state index is 0.200. The lowest BCUT2D eigenvalue weighted by Crippen LogP contribution is -2.30. The zero-order valence-electron chi connectivity index (χ0n) is 11.0. The third kappa shape index (κ3) is 2.82. The molecule has 2 amide bonds. The Morgan fingerprint density at radius 3 is 2.60 bits per heavy atom. The van der Waals surface area contributed by atoms with E-state index in [9.17, 15) is 14.4 Å². The van der Waals surface area contributed by atoms with E-state index < -0.39 is 23.7 Å². The summed E-state index contributed by atoms with van der Waals surface area (Å²) in [6.45, 7) is 1.93. The van der Waals surface area contributed by atoms with Crippen molar-refractivity contribution < 1.29 is 19.5 Å². The van der Waals surface area contributed by atoms with Crippen LogP contribution in [0.25, 0.3) is 0 Å². The Morgan fingerprint density at radius 2 is 2.00 bits per heavy atom. The molecular formula is C13H16N2O4S. The standard InChI is InChI=1S/C13H16N2O4S/c1-6-4-8(9(5-6)13(18)19)11(17)15-12-7(10(14)16)2-3-20-12/h2-3,6,8-9H,4-5H2,1H3,(H2,14,16)(H,15,17)(H,18,19).